The fourth-order valence-corrected chi connectivity index (χ4v) is 5.64. The SMILES string of the molecule is NCCC1CN(C23CC4CC(CC(C4)C2)C3)C(=O)O1. The van der Waals surface area contributed by atoms with E-state index >= 15 is 0 Å². The molecule has 4 aliphatic carbocycles. The molecule has 106 valence electrons. The summed E-state index contributed by atoms with van der Waals surface area (Å²) in [5, 5.41) is 0. The van der Waals surface area contributed by atoms with Crippen molar-refractivity contribution in [3.05, 3.63) is 0 Å². The standard InChI is InChI=1S/C15H24N2O2/c16-2-1-13-9-17(14(18)19-13)15-6-10-3-11(7-15)5-12(4-10)8-15/h10-13H,1-9,16H2. The van der Waals surface area contributed by atoms with Crippen LogP contribution >= 0.6 is 0 Å². The minimum absolute atomic E-state index is 0.0329. The third-order valence-corrected chi connectivity index (χ3v) is 5.94. The fourth-order valence-electron chi connectivity index (χ4n) is 5.64. The molecule has 4 heteroatoms. The summed E-state index contributed by atoms with van der Waals surface area (Å²) in [4.78, 5) is 14.3. The lowest BCUT2D eigenvalue weighted by molar-refractivity contribution is -0.0662. The van der Waals surface area contributed by atoms with Crippen molar-refractivity contribution in [2.24, 2.45) is 23.5 Å². The van der Waals surface area contributed by atoms with Crippen LogP contribution in [-0.4, -0.2) is 35.7 Å². The van der Waals surface area contributed by atoms with E-state index in [4.69, 9.17) is 10.5 Å². The first kappa shape index (κ1) is 12.0. The molecule has 1 unspecified atom stereocenters. The topological polar surface area (TPSA) is 55.6 Å². The van der Waals surface area contributed by atoms with E-state index in [9.17, 15) is 4.79 Å². The molecule has 1 amide bonds. The van der Waals surface area contributed by atoms with Gasteiger partial charge in [0.25, 0.3) is 0 Å². The molecule has 2 N–H and O–H groups in total. The van der Waals surface area contributed by atoms with Crippen LogP contribution in [0.5, 0.6) is 0 Å². The maximum Gasteiger partial charge on any atom is 0.410 e. The molecule has 1 saturated heterocycles. The summed E-state index contributed by atoms with van der Waals surface area (Å²) in [6, 6.07) is 0. The van der Waals surface area contributed by atoms with E-state index in [-0.39, 0.29) is 17.7 Å². The second kappa shape index (κ2) is 4.11. The Morgan fingerprint density at radius 3 is 2.26 bits per heavy atom. The van der Waals surface area contributed by atoms with Crippen LogP contribution in [0, 0.1) is 17.8 Å². The van der Waals surface area contributed by atoms with Crippen LogP contribution in [0.15, 0.2) is 0 Å². The summed E-state index contributed by atoms with van der Waals surface area (Å²) in [5.74, 6) is 2.60. The maximum absolute atomic E-state index is 12.2. The lowest BCUT2D eigenvalue weighted by atomic mass is 9.52. The van der Waals surface area contributed by atoms with Crippen LogP contribution in [0.4, 0.5) is 4.79 Å². The Bertz CT molecular complexity index is 360. The van der Waals surface area contributed by atoms with Crippen LogP contribution in [-0.2, 0) is 4.74 Å². The van der Waals surface area contributed by atoms with E-state index in [1.807, 2.05) is 0 Å². The number of nitrogens with two attached hydrogens (primary N) is 1. The van der Waals surface area contributed by atoms with Gasteiger partial charge in [-0.15, -0.1) is 0 Å². The highest BCUT2D eigenvalue weighted by Crippen LogP contribution is 2.58. The molecule has 0 spiro atoms. The van der Waals surface area contributed by atoms with Gasteiger partial charge in [0, 0.05) is 5.54 Å². The second-order valence-electron chi connectivity index (χ2n) is 7.34. The van der Waals surface area contributed by atoms with Crippen LogP contribution < -0.4 is 5.73 Å². The van der Waals surface area contributed by atoms with E-state index < -0.39 is 0 Å². The predicted molar refractivity (Wildman–Crippen MR) is 71.5 cm³/mol. The Hall–Kier alpha value is -0.770. The van der Waals surface area contributed by atoms with Crippen molar-refractivity contribution in [3.8, 4) is 0 Å². The normalized spacial score (nSPS) is 47.8. The van der Waals surface area contributed by atoms with E-state index in [0.29, 0.717) is 6.54 Å². The van der Waals surface area contributed by atoms with Gasteiger partial charge in [-0.25, -0.2) is 4.79 Å². The molecule has 1 heterocycles. The van der Waals surface area contributed by atoms with Gasteiger partial charge in [-0.05, 0) is 69.2 Å². The first-order valence-corrected chi connectivity index (χ1v) is 7.87. The number of ether oxygens (including phenoxy) is 1. The summed E-state index contributed by atoms with van der Waals surface area (Å²) in [6.07, 6.45) is 8.67. The number of hydrogen-bond acceptors (Lipinski definition) is 3. The molecule has 1 atom stereocenters. The quantitative estimate of drug-likeness (QED) is 0.849. The van der Waals surface area contributed by atoms with Crippen molar-refractivity contribution in [2.45, 2.75) is 56.6 Å². The Balaban J connectivity index is 1.57. The van der Waals surface area contributed by atoms with Crippen molar-refractivity contribution < 1.29 is 9.53 Å². The molecule has 1 aliphatic heterocycles. The first-order chi connectivity index (χ1) is 9.18. The summed E-state index contributed by atoms with van der Waals surface area (Å²) in [6.45, 7) is 1.38. The molecule has 4 bridgehead atoms. The molecule has 0 radical (unpaired) electrons. The summed E-state index contributed by atoms with van der Waals surface area (Å²) >= 11 is 0. The largest absolute Gasteiger partial charge is 0.444 e. The number of hydrogen-bond donors (Lipinski definition) is 1. The van der Waals surface area contributed by atoms with E-state index in [1.165, 1.54) is 38.5 Å². The van der Waals surface area contributed by atoms with Gasteiger partial charge >= 0.3 is 6.09 Å². The average Bonchev–Trinajstić information content (AvgIpc) is 2.70. The molecule has 19 heavy (non-hydrogen) atoms. The number of carbonyl (C=O) groups excluding carboxylic acids is 1. The first-order valence-electron chi connectivity index (χ1n) is 7.87. The zero-order chi connectivity index (χ0) is 13.0. The van der Waals surface area contributed by atoms with Crippen molar-refractivity contribution >= 4 is 6.09 Å². The number of amides is 1. The number of cyclic esters (lactones) is 1. The molecule has 4 nitrogen and oxygen atoms in total. The van der Waals surface area contributed by atoms with Crippen LogP contribution in [0.25, 0.3) is 0 Å². The Morgan fingerprint density at radius 2 is 1.74 bits per heavy atom. The molecule has 0 aromatic carbocycles. The summed E-state index contributed by atoms with van der Waals surface area (Å²) in [7, 11) is 0. The zero-order valence-corrected chi connectivity index (χ0v) is 11.5. The molecule has 0 aromatic heterocycles. The third kappa shape index (κ3) is 1.79. The highest BCUT2D eigenvalue weighted by molar-refractivity contribution is 5.71. The third-order valence-electron chi connectivity index (χ3n) is 5.94. The smallest absolute Gasteiger partial charge is 0.410 e. The minimum atomic E-state index is -0.0691. The van der Waals surface area contributed by atoms with Gasteiger partial charge in [-0.1, -0.05) is 0 Å². The second-order valence-corrected chi connectivity index (χ2v) is 7.34. The van der Waals surface area contributed by atoms with Gasteiger partial charge in [-0.3, -0.25) is 4.90 Å². The van der Waals surface area contributed by atoms with Gasteiger partial charge in [0.05, 0.1) is 6.54 Å². The number of nitrogens with zero attached hydrogens (tertiary/aromatic N) is 1. The molecule has 4 saturated carbocycles. The molecule has 5 rings (SSSR count). The summed E-state index contributed by atoms with van der Waals surface area (Å²) < 4.78 is 5.51. The van der Waals surface area contributed by atoms with Crippen LogP contribution in [0.3, 0.4) is 0 Å². The summed E-state index contributed by atoms with van der Waals surface area (Å²) in [5.41, 5.74) is 5.74. The minimum Gasteiger partial charge on any atom is -0.444 e. The van der Waals surface area contributed by atoms with E-state index in [1.54, 1.807) is 0 Å². The van der Waals surface area contributed by atoms with Crippen molar-refractivity contribution in [1.29, 1.82) is 0 Å². The lowest BCUT2D eigenvalue weighted by Crippen LogP contribution is -2.60. The average molecular weight is 264 g/mol. The molecule has 5 aliphatic rings. The van der Waals surface area contributed by atoms with Gasteiger partial charge in [0.15, 0.2) is 0 Å². The van der Waals surface area contributed by atoms with E-state index in [2.05, 4.69) is 4.90 Å². The van der Waals surface area contributed by atoms with E-state index in [0.717, 1.165) is 30.7 Å². The van der Waals surface area contributed by atoms with Crippen molar-refractivity contribution in [2.75, 3.05) is 13.1 Å². The highest BCUT2D eigenvalue weighted by atomic mass is 16.6. The maximum atomic E-state index is 12.2. The van der Waals surface area contributed by atoms with Gasteiger partial charge in [-0.2, -0.15) is 0 Å². The van der Waals surface area contributed by atoms with Crippen molar-refractivity contribution in [3.63, 3.8) is 0 Å². The fraction of sp³-hybridized carbons (Fsp3) is 0.933. The Labute approximate surface area is 114 Å². The monoisotopic (exact) mass is 264 g/mol. The molecular formula is C15H24N2O2. The lowest BCUT2D eigenvalue weighted by Gasteiger charge is -2.59. The van der Waals surface area contributed by atoms with Gasteiger partial charge in [0.1, 0.15) is 6.10 Å². The van der Waals surface area contributed by atoms with Gasteiger partial charge < -0.3 is 10.5 Å². The number of carbonyl (C=O) groups is 1. The molecule has 5 fully saturated rings. The Kier molecular flexibility index (Phi) is 2.60. The number of rotatable bonds is 3. The Morgan fingerprint density at radius 1 is 1.16 bits per heavy atom. The van der Waals surface area contributed by atoms with Crippen molar-refractivity contribution in [1.82, 2.24) is 4.90 Å². The van der Waals surface area contributed by atoms with Crippen LogP contribution in [0.1, 0.15) is 44.9 Å². The zero-order valence-electron chi connectivity index (χ0n) is 11.5. The molecule has 0 aromatic rings. The van der Waals surface area contributed by atoms with Gasteiger partial charge in [0.2, 0.25) is 0 Å². The predicted octanol–water partition coefficient (Wildman–Crippen LogP) is 2.12. The van der Waals surface area contributed by atoms with Crippen LogP contribution in [0.2, 0.25) is 0 Å². The highest BCUT2D eigenvalue weighted by Gasteiger charge is 2.56. The molecular weight excluding hydrogens is 240 g/mol.